The third-order valence-corrected chi connectivity index (χ3v) is 5.70. The molecule has 0 N–H and O–H groups in total. The predicted molar refractivity (Wildman–Crippen MR) is 83.2 cm³/mol. The van der Waals surface area contributed by atoms with E-state index in [0.29, 0.717) is 50.3 Å². The maximum atomic E-state index is 12.0. The molecular formula is C18H26O6. The van der Waals surface area contributed by atoms with Gasteiger partial charge in [0.15, 0.2) is 0 Å². The molecule has 6 unspecified atom stereocenters. The van der Waals surface area contributed by atoms with E-state index in [0.717, 1.165) is 38.5 Å². The van der Waals surface area contributed by atoms with Crippen molar-refractivity contribution in [2.75, 3.05) is 13.2 Å². The third kappa shape index (κ3) is 4.09. The topological polar surface area (TPSA) is 77.7 Å². The van der Waals surface area contributed by atoms with Gasteiger partial charge in [0.1, 0.15) is 0 Å². The lowest BCUT2D eigenvalue weighted by molar-refractivity contribution is -0.151. The van der Waals surface area contributed by atoms with Crippen LogP contribution in [0.3, 0.4) is 0 Å². The van der Waals surface area contributed by atoms with Gasteiger partial charge >= 0.3 is 11.9 Å². The van der Waals surface area contributed by atoms with Crippen LogP contribution in [0.1, 0.15) is 51.4 Å². The molecule has 4 fully saturated rings. The van der Waals surface area contributed by atoms with E-state index in [1.54, 1.807) is 0 Å². The third-order valence-electron chi connectivity index (χ3n) is 5.70. The lowest BCUT2D eigenvalue weighted by atomic mass is 9.89. The predicted octanol–water partition coefficient (Wildman–Crippen LogP) is 1.99. The Kier molecular flexibility index (Phi) is 4.77. The van der Waals surface area contributed by atoms with Crippen LogP contribution in [0.5, 0.6) is 0 Å². The number of rotatable bonds is 7. The van der Waals surface area contributed by atoms with Gasteiger partial charge in [0.2, 0.25) is 0 Å². The van der Waals surface area contributed by atoms with E-state index in [1.165, 1.54) is 0 Å². The monoisotopic (exact) mass is 338 g/mol. The van der Waals surface area contributed by atoms with E-state index in [-0.39, 0.29) is 24.0 Å². The molecule has 0 aromatic carbocycles. The Labute approximate surface area is 142 Å². The van der Waals surface area contributed by atoms with Gasteiger partial charge in [0.25, 0.3) is 0 Å². The Morgan fingerprint density at radius 1 is 0.875 bits per heavy atom. The molecule has 0 radical (unpaired) electrons. The first kappa shape index (κ1) is 16.3. The van der Waals surface area contributed by atoms with Gasteiger partial charge in [0.05, 0.1) is 43.5 Å². The molecule has 0 aromatic heterocycles. The second-order valence-electron chi connectivity index (χ2n) is 7.57. The van der Waals surface area contributed by atoms with Crippen LogP contribution in [0.25, 0.3) is 0 Å². The first-order valence-electron chi connectivity index (χ1n) is 9.32. The van der Waals surface area contributed by atoms with E-state index in [9.17, 15) is 9.59 Å². The molecule has 134 valence electrons. The molecule has 2 saturated heterocycles. The maximum absolute atomic E-state index is 12.0. The van der Waals surface area contributed by atoms with Crippen LogP contribution in [-0.2, 0) is 28.5 Å². The molecule has 0 spiro atoms. The summed E-state index contributed by atoms with van der Waals surface area (Å²) in [5.41, 5.74) is 0. The Hall–Kier alpha value is -1.14. The Morgan fingerprint density at radius 3 is 2.38 bits per heavy atom. The summed E-state index contributed by atoms with van der Waals surface area (Å²) in [5, 5.41) is 0. The molecule has 6 nitrogen and oxygen atoms in total. The van der Waals surface area contributed by atoms with Gasteiger partial charge < -0.3 is 18.9 Å². The van der Waals surface area contributed by atoms with Crippen LogP contribution in [0.15, 0.2) is 0 Å². The molecule has 24 heavy (non-hydrogen) atoms. The van der Waals surface area contributed by atoms with Gasteiger partial charge in [0, 0.05) is 6.42 Å². The van der Waals surface area contributed by atoms with Crippen LogP contribution < -0.4 is 0 Å². The fraction of sp³-hybridized carbons (Fsp3) is 0.889. The first-order valence-corrected chi connectivity index (χ1v) is 9.32. The Bertz CT molecular complexity index is 492. The first-order chi connectivity index (χ1) is 11.7. The highest BCUT2D eigenvalue weighted by Gasteiger charge is 2.46. The molecule has 2 heterocycles. The molecule has 2 aliphatic heterocycles. The zero-order chi connectivity index (χ0) is 16.5. The number of fused-ring (bicyclic) bond motifs is 2. The quantitative estimate of drug-likeness (QED) is 0.401. The lowest BCUT2D eigenvalue weighted by Gasteiger charge is -2.18. The van der Waals surface area contributed by atoms with E-state index < -0.39 is 0 Å². The summed E-state index contributed by atoms with van der Waals surface area (Å²) in [6.45, 7) is 0.788. The van der Waals surface area contributed by atoms with Crippen molar-refractivity contribution in [3.05, 3.63) is 0 Å². The standard InChI is InChI=1S/C18H26O6/c19-17(22-10-11-3-5-13-15(8-11)23-13)2-1-7-21-18(20)12-4-6-14-16(9-12)24-14/h11-16H,1-10H2. The number of hydrogen-bond donors (Lipinski definition) is 0. The second kappa shape index (κ2) is 7.00. The number of carbonyl (C=O) groups is 2. The van der Waals surface area contributed by atoms with Crippen molar-refractivity contribution in [1.29, 1.82) is 0 Å². The molecule has 4 rings (SSSR count). The minimum Gasteiger partial charge on any atom is -0.465 e. The smallest absolute Gasteiger partial charge is 0.309 e. The van der Waals surface area contributed by atoms with E-state index in [4.69, 9.17) is 18.9 Å². The second-order valence-corrected chi connectivity index (χ2v) is 7.57. The molecule has 0 amide bonds. The zero-order valence-corrected chi connectivity index (χ0v) is 14.0. The number of carbonyl (C=O) groups excluding carboxylic acids is 2. The van der Waals surface area contributed by atoms with Crippen molar-refractivity contribution >= 4 is 11.9 Å². The number of hydrogen-bond acceptors (Lipinski definition) is 6. The van der Waals surface area contributed by atoms with Gasteiger partial charge in [-0.2, -0.15) is 0 Å². The largest absolute Gasteiger partial charge is 0.465 e. The van der Waals surface area contributed by atoms with E-state index in [2.05, 4.69) is 0 Å². The van der Waals surface area contributed by atoms with Crippen LogP contribution >= 0.6 is 0 Å². The summed E-state index contributed by atoms with van der Waals surface area (Å²) in [5.74, 6) is 0.0751. The Balaban J connectivity index is 1.04. The van der Waals surface area contributed by atoms with Gasteiger partial charge in [-0.3, -0.25) is 9.59 Å². The maximum Gasteiger partial charge on any atom is 0.309 e. The van der Waals surface area contributed by atoms with E-state index >= 15 is 0 Å². The summed E-state index contributed by atoms with van der Waals surface area (Å²) in [6.07, 6.45) is 8.20. The van der Waals surface area contributed by atoms with Gasteiger partial charge in [-0.1, -0.05) is 0 Å². The molecule has 0 aromatic rings. The minimum atomic E-state index is -0.197. The fourth-order valence-electron chi connectivity index (χ4n) is 4.05. The average Bonchev–Trinajstić information content (AvgIpc) is 3.49. The van der Waals surface area contributed by atoms with Crippen LogP contribution in [-0.4, -0.2) is 49.6 Å². The molecule has 2 aliphatic carbocycles. The fourth-order valence-corrected chi connectivity index (χ4v) is 4.05. The normalized spacial score (nSPS) is 39.3. The molecule has 2 saturated carbocycles. The summed E-state index contributed by atoms with van der Waals surface area (Å²) >= 11 is 0. The van der Waals surface area contributed by atoms with Crippen molar-refractivity contribution < 1.29 is 28.5 Å². The SMILES string of the molecule is O=C(CCCOC(=O)C1CCC2OC2C1)OCC1CCC2OC2C1. The molecule has 6 heteroatoms. The van der Waals surface area contributed by atoms with Crippen LogP contribution in [0.4, 0.5) is 0 Å². The highest BCUT2D eigenvalue weighted by atomic mass is 16.6. The van der Waals surface area contributed by atoms with Crippen molar-refractivity contribution in [3.8, 4) is 0 Å². The highest BCUT2D eigenvalue weighted by molar-refractivity contribution is 5.73. The van der Waals surface area contributed by atoms with Crippen molar-refractivity contribution in [1.82, 2.24) is 0 Å². The van der Waals surface area contributed by atoms with E-state index in [1.807, 2.05) is 0 Å². The summed E-state index contributed by atoms with van der Waals surface area (Å²) in [6, 6.07) is 0. The molecule has 4 aliphatic rings. The van der Waals surface area contributed by atoms with Gasteiger partial charge in [-0.25, -0.2) is 0 Å². The summed E-state index contributed by atoms with van der Waals surface area (Å²) in [7, 11) is 0. The molecule has 6 atom stereocenters. The van der Waals surface area contributed by atoms with Crippen molar-refractivity contribution in [2.24, 2.45) is 11.8 Å². The number of epoxide rings is 2. The van der Waals surface area contributed by atoms with Crippen molar-refractivity contribution in [2.45, 2.75) is 75.8 Å². The Morgan fingerprint density at radius 2 is 1.62 bits per heavy atom. The minimum absolute atomic E-state index is 0.0273. The average molecular weight is 338 g/mol. The highest BCUT2D eigenvalue weighted by Crippen LogP contribution is 2.40. The van der Waals surface area contributed by atoms with Crippen LogP contribution in [0.2, 0.25) is 0 Å². The number of ether oxygens (including phenoxy) is 4. The zero-order valence-electron chi connectivity index (χ0n) is 14.0. The van der Waals surface area contributed by atoms with Gasteiger partial charge in [-0.05, 0) is 50.9 Å². The lowest BCUT2D eigenvalue weighted by Crippen LogP contribution is -2.24. The molecule has 0 bridgehead atoms. The van der Waals surface area contributed by atoms with Gasteiger partial charge in [-0.15, -0.1) is 0 Å². The van der Waals surface area contributed by atoms with Crippen molar-refractivity contribution in [3.63, 3.8) is 0 Å². The molecular weight excluding hydrogens is 312 g/mol. The number of esters is 2. The van der Waals surface area contributed by atoms with Crippen LogP contribution in [0, 0.1) is 11.8 Å². The summed E-state index contributed by atoms with van der Waals surface area (Å²) < 4.78 is 21.5. The summed E-state index contributed by atoms with van der Waals surface area (Å²) in [4.78, 5) is 23.7.